The van der Waals surface area contributed by atoms with Gasteiger partial charge in [0.1, 0.15) is 5.82 Å². The Morgan fingerprint density at radius 2 is 2.47 bits per heavy atom. The van der Waals surface area contributed by atoms with E-state index in [-0.39, 0.29) is 11.6 Å². The highest BCUT2D eigenvalue weighted by Crippen LogP contribution is 2.30. The van der Waals surface area contributed by atoms with Crippen molar-refractivity contribution in [1.29, 1.82) is 0 Å². The molecule has 1 aromatic rings. The van der Waals surface area contributed by atoms with Gasteiger partial charge in [0.2, 0.25) is 0 Å². The van der Waals surface area contributed by atoms with Crippen molar-refractivity contribution < 1.29 is 4.74 Å². The zero-order chi connectivity index (χ0) is 12.3. The van der Waals surface area contributed by atoms with Crippen LogP contribution in [0.1, 0.15) is 25.3 Å². The number of nitrogen functional groups attached to an aromatic ring is 1. The summed E-state index contributed by atoms with van der Waals surface area (Å²) in [6, 6.07) is 3.92. The van der Waals surface area contributed by atoms with E-state index >= 15 is 0 Å². The molecule has 2 heterocycles. The number of pyridine rings is 1. The van der Waals surface area contributed by atoms with Gasteiger partial charge in [0, 0.05) is 12.8 Å². The van der Waals surface area contributed by atoms with E-state index in [9.17, 15) is 0 Å². The number of hydrogen-bond acceptors (Lipinski definition) is 5. The van der Waals surface area contributed by atoms with E-state index in [2.05, 4.69) is 17.3 Å². The van der Waals surface area contributed by atoms with Gasteiger partial charge in [-0.05, 0) is 43.9 Å². The molecule has 17 heavy (non-hydrogen) atoms. The van der Waals surface area contributed by atoms with Crippen LogP contribution in [0.4, 0.5) is 5.82 Å². The van der Waals surface area contributed by atoms with E-state index in [4.69, 9.17) is 16.3 Å². The van der Waals surface area contributed by atoms with E-state index in [0.717, 1.165) is 31.4 Å². The number of anilines is 1. The molecule has 0 aromatic carbocycles. The summed E-state index contributed by atoms with van der Waals surface area (Å²) in [4.78, 5) is 3.98. The fraction of sp³-hybridized carbons (Fsp3) is 0.583. The minimum Gasteiger partial charge on any atom is -0.384 e. The van der Waals surface area contributed by atoms with Crippen molar-refractivity contribution in [2.45, 2.75) is 37.8 Å². The molecule has 94 valence electrons. The molecule has 1 aliphatic heterocycles. The minimum atomic E-state index is -0.188. The van der Waals surface area contributed by atoms with Crippen molar-refractivity contribution in [3.8, 4) is 0 Å². The normalized spacial score (nSPS) is 26.0. The van der Waals surface area contributed by atoms with Crippen molar-refractivity contribution in [1.82, 2.24) is 10.4 Å². The molecule has 0 bridgehead atoms. The summed E-state index contributed by atoms with van der Waals surface area (Å²) in [5.41, 5.74) is 9.47. The molecule has 1 saturated heterocycles. The average Bonchev–Trinajstić information content (AvgIpc) is 2.74. The molecule has 2 unspecified atom stereocenters. The van der Waals surface area contributed by atoms with Crippen LogP contribution >= 0.6 is 0 Å². The summed E-state index contributed by atoms with van der Waals surface area (Å²) in [5, 5.41) is 0. The van der Waals surface area contributed by atoms with Crippen LogP contribution in [0.2, 0.25) is 0 Å². The van der Waals surface area contributed by atoms with Crippen LogP contribution in [-0.4, -0.2) is 23.2 Å². The van der Waals surface area contributed by atoms with Crippen LogP contribution in [0.15, 0.2) is 18.3 Å². The summed E-state index contributed by atoms with van der Waals surface area (Å²) in [6.45, 7) is 2.92. The fourth-order valence-corrected chi connectivity index (χ4v) is 2.38. The van der Waals surface area contributed by atoms with Crippen molar-refractivity contribution in [2.75, 3.05) is 12.3 Å². The molecule has 2 rings (SSSR count). The number of ether oxygens (including phenoxy) is 1. The Kier molecular flexibility index (Phi) is 3.61. The van der Waals surface area contributed by atoms with Gasteiger partial charge in [-0.3, -0.25) is 11.3 Å². The van der Waals surface area contributed by atoms with Crippen LogP contribution in [0.25, 0.3) is 0 Å². The molecule has 5 N–H and O–H groups in total. The van der Waals surface area contributed by atoms with Gasteiger partial charge < -0.3 is 10.5 Å². The first-order valence-electron chi connectivity index (χ1n) is 5.94. The van der Waals surface area contributed by atoms with Crippen LogP contribution in [-0.2, 0) is 11.2 Å². The van der Waals surface area contributed by atoms with Crippen LogP contribution in [0, 0.1) is 0 Å². The number of hydrazine groups is 1. The Morgan fingerprint density at radius 3 is 3.06 bits per heavy atom. The number of rotatable bonds is 4. The molecule has 0 aliphatic carbocycles. The molecule has 1 aliphatic rings. The Morgan fingerprint density at radius 1 is 1.65 bits per heavy atom. The zero-order valence-corrected chi connectivity index (χ0v) is 10.1. The van der Waals surface area contributed by atoms with Crippen molar-refractivity contribution >= 4 is 5.82 Å². The number of nitrogens with one attached hydrogen (secondary N) is 1. The third-order valence-electron chi connectivity index (χ3n) is 3.47. The molecule has 5 heteroatoms. The molecule has 0 saturated carbocycles. The van der Waals surface area contributed by atoms with Crippen LogP contribution in [0.5, 0.6) is 0 Å². The lowest BCUT2D eigenvalue weighted by atomic mass is 9.89. The molecule has 1 aromatic heterocycles. The number of hydrogen-bond donors (Lipinski definition) is 3. The number of aromatic nitrogens is 1. The van der Waals surface area contributed by atoms with Crippen molar-refractivity contribution in [3.63, 3.8) is 0 Å². The summed E-state index contributed by atoms with van der Waals surface area (Å²) in [7, 11) is 0. The van der Waals surface area contributed by atoms with Gasteiger partial charge in [-0.15, -0.1) is 0 Å². The smallest absolute Gasteiger partial charge is 0.123 e. The summed E-state index contributed by atoms with van der Waals surface area (Å²) in [5.74, 6) is 6.18. The maximum atomic E-state index is 5.81. The SMILES string of the molecule is CC1(C(Cc2ccnc(N)c2)NN)CCCO1. The highest BCUT2D eigenvalue weighted by molar-refractivity contribution is 5.32. The third kappa shape index (κ3) is 2.74. The molecular weight excluding hydrogens is 216 g/mol. The van der Waals surface area contributed by atoms with Crippen LogP contribution in [0.3, 0.4) is 0 Å². The highest BCUT2D eigenvalue weighted by Gasteiger charge is 2.37. The second-order valence-electron chi connectivity index (χ2n) is 4.78. The van der Waals surface area contributed by atoms with E-state index in [1.807, 2.05) is 12.1 Å². The Hall–Kier alpha value is -1.17. The van der Waals surface area contributed by atoms with Gasteiger partial charge in [-0.25, -0.2) is 4.98 Å². The van der Waals surface area contributed by atoms with E-state index in [0.29, 0.717) is 5.82 Å². The van der Waals surface area contributed by atoms with E-state index in [1.165, 1.54) is 0 Å². The zero-order valence-electron chi connectivity index (χ0n) is 10.1. The lowest BCUT2D eigenvalue weighted by Gasteiger charge is -2.32. The standard InChI is InChI=1S/C12H20N4O/c1-12(4-2-6-17-12)10(16-14)7-9-3-5-15-11(13)8-9/h3,5,8,10,16H,2,4,6-7,14H2,1H3,(H2,13,15). The maximum absolute atomic E-state index is 5.81. The Bertz CT molecular complexity index is 377. The second kappa shape index (κ2) is 5.00. The topological polar surface area (TPSA) is 86.2 Å². The highest BCUT2D eigenvalue weighted by atomic mass is 16.5. The quantitative estimate of drug-likeness (QED) is 0.526. The Labute approximate surface area is 102 Å². The third-order valence-corrected chi connectivity index (χ3v) is 3.47. The first-order valence-corrected chi connectivity index (χ1v) is 5.94. The van der Waals surface area contributed by atoms with Gasteiger partial charge in [0.25, 0.3) is 0 Å². The monoisotopic (exact) mass is 236 g/mol. The minimum absolute atomic E-state index is 0.0896. The van der Waals surface area contributed by atoms with Gasteiger partial charge in [-0.1, -0.05) is 0 Å². The summed E-state index contributed by atoms with van der Waals surface area (Å²) >= 11 is 0. The fourth-order valence-electron chi connectivity index (χ4n) is 2.38. The molecule has 0 spiro atoms. The predicted molar refractivity (Wildman–Crippen MR) is 67.1 cm³/mol. The molecule has 0 amide bonds. The van der Waals surface area contributed by atoms with Crippen molar-refractivity contribution in [2.24, 2.45) is 5.84 Å². The Balaban J connectivity index is 2.09. The van der Waals surface area contributed by atoms with Gasteiger partial charge in [0.05, 0.1) is 11.6 Å². The van der Waals surface area contributed by atoms with Crippen molar-refractivity contribution in [3.05, 3.63) is 23.9 Å². The molecular formula is C12H20N4O. The molecule has 5 nitrogen and oxygen atoms in total. The largest absolute Gasteiger partial charge is 0.384 e. The van der Waals surface area contributed by atoms with Crippen LogP contribution < -0.4 is 17.0 Å². The number of nitrogens with two attached hydrogens (primary N) is 2. The van der Waals surface area contributed by atoms with E-state index in [1.54, 1.807) is 6.20 Å². The average molecular weight is 236 g/mol. The lowest BCUT2D eigenvalue weighted by molar-refractivity contribution is -0.0115. The first-order chi connectivity index (χ1) is 8.14. The molecule has 1 fully saturated rings. The van der Waals surface area contributed by atoms with Gasteiger partial charge in [0.15, 0.2) is 0 Å². The second-order valence-corrected chi connectivity index (χ2v) is 4.78. The molecule has 0 radical (unpaired) electrons. The van der Waals surface area contributed by atoms with Gasteiger partial charge >= 0.3 is 0 Å². The lowest BCUT2D eigenvalue weighted by Crippen LogP contribution is -2.52. The predicted octanol–water partition coefficient (Wildman–Crippen LogP) is 0.607. The van der Waals surface area contributed by atoms with Gasteiger partial charge in [-0.2, -0.15) is 0 Å². The summed E-state index contributed by atoms with van der Waals surface area (Å²) in [6.07, 6.45) is 4.63. The maximum Gasteiger partial charge on any atom is 0.123 e. The number of nitrogens with zero attached hydrogens (tertiary/aromatic N) is 1. The first kappa shape index (κ1) is 12.3. The summed E-state index contributed by atoms with van der Waals surface area (Å²) < 4.78 is 5.81. The molecule has 2 atom stereocenters. The van der Waals surface area contributed by atoms with E-state index < -0.39 is 0 Å².